The highest BCUT2D eigenvalue weighted by Gasteiger charge is 2.20. The predicted molar refractivity (Wildman–Crippen MR) is 81.2 cm³/mol. The third kappa shape index (κ3) is 3.87. The van der Waals surface area contributed by atoms with Gasteiger partial charge in [0.2, 0.25) is 0 Å². The molecule has 1 aliphatic heterocycles. The highest BCUT2D eigenvalue weighted by atomic mass is 16.5. The number of phenolic OH excluding ortho intramolecular Hbond substituents is 1. The van der Waals surface area contributed by atoms with E-state index in [0.29, 0.717) is 17.8 Å². The molecule has 0 aliphatic carbocycles. The zero-order valence-corrected chi connectivity index (χ0v) is 12.7. The summed E-state index contributed by atoms with van der Waals surface area (Å²) in [5.74, 6) is 0.745. The molecule has 4 heteroatoms. The summed E-state index contributed by atoms with van der Waals surface area (Å²) in [5, 5.41) is 13.4. The molecule has 4 nitrogen and oxygen atoms in total. The molecule has 20 heavy (non-hydrogen) atoms. The molecule has 0 bridgehead atoms. The van der Waals surface area contributed by atoms with Crippen molar-refractivity contribution in [3.05, 3.63) is 23.8 Å². The lowest BCUT2D eigenvalue weighted by Crippen LogP contribution is -2.40. The zero-order valence-electron chi connectivity index (χ0n) is 12.7. The molecule has 1 aromatic rings. The average Bonchev–Trinajstić information content (AvgIpc) is 2.91. The number of hydrogen-bond acceptors (Lipinski definition) is 4. The van der Waals surface area contributed by atoms with Crippen LogP contribution in [0.1, 0.15) is 32.3 Å². The van der Waals surface area contributed by atoms with Gasteiger partial charge in [0.05, 0.1) is 7.11 Å². The first-order valence-electron chi connectivity index (χ1n) is 7.43. The van der Waals surface area contributed by atoms with Crippen LogP contribution in [-0.2, 0) is 6.54 Å². The van der Waals surface area contributed by atoms with E-state index in [4.69, 9.17) is 4.74 Å². The molecule has 1 aromatic carbocycles. The second kappa shape index (κ2) is 6.95. The number of benzene rings is 1. The minimum Gasteiger partial charge on any atom is -0.504 e. The Hall–Kier alpha value is -1.26. The molecule has 1 atom stereocenters. The summed E-state index contributed by atoms with van der Waals surface area (Å²) in [6.45, 7) is 7.49. The van der Waals surface area contributed by atoms with Crippen molar-refractivity contribution < 1.29 is 9.84 Å². The van der Waals surface area contributed by atoms with E-state index in [0.717, 1.165) is 25.2 Å². The van der Waals surface area contributed by atoms with Crippen molar-refractivity contribution in [1.82, 2.24) is 10.2 Å². The topological polar surface area (TPSA) is 44.7 Å². The van der Waals surface area contributed by atoms with Gasteiger partial charge < -0.3 is 15.2 Å². The van der Waals surface area contributed by atoms with Gasteiger partial charge in [-0.15, -0.1) is 0 Å². The Morgan fingerprint density at radius 1 is 1.45 bits per heavy atom. The fourth-order valence-electron chi connectivity index (χ4n) is 2.72. The fraction of sp³-hybridized carbons (Fsp3) is 0.625. The lowest BCUT2D eigenvalue weighted by Gasteiger charge is -2.29. The van der Waals surface area contributed by atoms with Gasteiger partial charge in [-0.3, -0.25) is 4.90 Å². The number of ether oxygens (including phenoxy) is 1. The summed E-state index contributed by atoms with van der Waals surface area (Å²) in [4.78, 5) is 2.45. The lowest BCUT2D eigenvalue weighted by atomic mass is 10.1. The van der Waals surface area contributed by atoms with Crippen LogP contribution >= 0.6 is 0 Å². The summed E-state index contributed by atoms with van der Waals surface area (Å²) in [7, 11) is 1.57. The number of hydrogen-bond donors (Lipinski definition) is 2. The van der Waals surface area contributed by atoms with Gasteiger partial charge in [0.25, 0.3) is 0 Å². The van der Waals surface area contributed by atoms with Gasteiger partial charge >= 0.3 is 0 Å². The van der Waals surface area contributed by atoms with E-state index in [-0.39, 0.29) is 5.75 Å². The third-order valence-electron chi connectivity index (χ3n) is 3.98. The van der Waals surface area contributed by atoms with E-state index >= 15 is 0 Å². The van der Waals surface area contributed by atoms with E-state index in [1.807, 2.05) is 12.1 Å². The van der Waals surface area contributed by atoms with Crippen molar-refractivity contribution in [2.24, 2.45) is 0 Å². The quantitative estimate of drug-likeness (QED) is 0.838. The molecule has 0 saturated carbocycles. The van der Waals surface area contributed by atoms with E-state index in [1.165, 1.54) is 12.8 Å². The molecule has 1 heterocycles. The molecule has 0 aromatic heterocycles. The first kappa shape index (κ1) is 15.1. The molecule has 0 amide bonds. The minimum atomic E-state index is 0.215. The van der Waals surface area contributed by atoms with Gasteiger partial charge in [0.1, 0.15) is 0 Å². The van der Waals surface area contributed by atoms with Crippen molar-refractivity contribution in [2.75, 3.05) is 20.2 Å². The molecule has 2 rings (SSSR count). The van der Waals surface area contributed by atoms with Gasteiger partial charge in [-0.25, -0.2) is 0 Å². The monoisotopic (exact) mass is 278 g/mol. The van der Waals surface area contributed by atoms with Crippen LogP contribution in [0.5, 0.6) is 11.5 Å². The molecule has 0 radical (unpaired) electrons. The molecule has 112 valence electrons. The molecule has 1 saturated heterocycles. The summed E-state index contributed by atoms with van der Waals surface area (Å²) < 4.78 is 5.09. The molecule has 1 unspecified atom stereocenters. The van der Waals surface area contributed by atoms with Crippen LogP contribution in [0.25, 0.3) is 0 Å². The fourth-order valence-corrected chi connectivity index (χ4v) is 2.72. The van der Waals surface area contributed by atoms with Gasteiger partial charge in [-0.2, -0.15) is 0 Å². The first-order valence-corrected chi connectivity index (χ1v) is 7.43. The van der Waals surface area contributed by atoms with Crippen molar-refractivity contribution in [2.45, 2.75) is 45.3 Å². The first-order chi connectivity index (χ1) is 9.60. The minimum absolute atomic E-state index is 0.215. The van der Waals surface area contributed by atoms with E-state index in [9.17, 15) is 5.11 Å². The Balaban J connectivity index is 2.01. The Bertz CT molecular complexity index is 428. The number of phenols is 1. The van der Waals surface area contributed by atoms with Crippen LogP contribution < -0.4 is 10.1 Å². The second-order valence-electron chi connectivity index (χ2n) is 5.82. The van der Waals surface area contributed by atoms with E-state index in [1.54, 1.807) is 13.2 Å². The van der Waals surface area contributed by atoms with Crippen LogP contribution in [0.15, 0.2) is 18.2 Å². The number of nitrogens with one attached hydrogen (secondary N) is 1. The Labute approximate surface area is 121 Å². The van der Waals surface area contributed by atoms with Gasteiger partial charge in [-0.1, -0.05) is 6.07 Å². The van der Waals surface area contributed by atoms with Crippen molar-refractivity contribution in [3.8, 4) is 11.5 Å². The van der Waals surface area contributed by atoms with Crippen LogP contribution in [0.2, 0.25) is 0 Å². The normalized spacial score (nSPS) is 18.9. The summed E-state index contributed by atoms with van der Waals surface area (Å²) in [6, 6.07) is 6.74. The summed E-state index contributed by atoms with van der Waals surface area (Å²) in [6.07, 6.45) is 2.54. The smallest absolute Gasteiger partial charge is 0.160 e. The van der Waals surface area contributed by atoms with Crippen LogP contribution in [0.4, 0.5) is 0 Å². The Morgan fingerprint density at radius 2 is 2.25 bits per heavy atom. The summed E-state index contributed by atoms with van der Waals surface area (Å²) in [5.41, 5.74) is 1.12. The molecule has 0 spiro atoms. The SMILES string of the molecule is COc1ccc(CN(CC2CCCN2)C(C)C)cc1O. The number of rotatable bonds is 6. The third-order valence-corrected chi connectivity index (χ3v) is 3.98. The largest absolute Gasteiger partial charge is 0.504 e. The number of aromatic hydroxyl groups is 1. The standard InChI is InChI=1S/C16H26N2O2/c1-12(2)18(11-14-5-4-8-17-14)10-13-6-7-16(20-3)15(19)9-13/h6-7,9,12,14,17,19H,4-5,8,10-11H2,1-3H3. The van der Waals surface area contributed by atoms with Gasteiger partial charge in [0.15, 0.2) is 11.5 Å². The Morgan fingerprint density at radius 3 is 2.80 bits per heavy atom. The van der Waals surface area contributed by atoms with Crippen molar-refractivity contribution >= 4 is 0 Å². The van der Waals surface area contributed by atoms with E-state index < -0.39 is 0 Å². The molecular weight excluding hydrogens is 252 g/mol. The maximum atomic E-state index is 9.87. The Kier molecular flexibility index (Phi) is 5.26. The maximum absolute atomic E-state index is 9.87. The van der Waals surface area contributed by atoms with Crippen molar-refractivity contribution in [3.63, 3.8) is 0 Å². The maximum Gasteiger partial charge on any atom is 0.160 e. The predicted octanol–water partition coefficient (Wildman–Crippen LogP) is 2.36. The zero-order chi connectivity index (χ0) is 14.5. The van der Waals surface area contributed by atoms with Crippen LogP contribution in [0.3, 0.4) is 0 Å². The molecule has 1 aliphatic rings. The van der Waals surface area contributed by atoms with Gasteiger partial charge in [0, 0.05) is 25.2 Å². The highest BCUT2D eigenvalue weighted by molar-refractivity contribution is 5.41. The van der Waals surface area contributed by atoms with Crippen LogP contribution in [0, 0.1) is 0 Å². The van der Waals surface area contributed by atoms with Gasteiger partial charge in [-0.05, 0) is 50.9 Å². The molecule has 2 N–H and O–H groups in total. The molecule has 1 fully saturated rings. The summed E-state index contributed by atoms with van der Waals surface area (Å²) >= 11 is 0. The molecular formula is C16H26N2O2. The average molecular weight is 278 g/mol. The van der Waals surface area contributed by atoms with Crippen molar-refractivity contribution in [1.29, 1.82) is 0 Å². The van der Waals surface area contributed by atoms with E-state index in [2.05, 4.69) is 24.1 Å². The second-order valence-corrected chi connectivity index (χ2v) is 5.82. The lowest BCUT2D eigenvalue weighted by molar-refractivity contribution is 0.194. The number of nitrogens with zero attached hydrogens (tertiary/aromatic N) is 1. The van der Waals surface area contributed by atoms with Crippen LogP contribution in [-0.4, -0.2) is 42.3 Å². The number of methoxy groups -OCH3 is 1. The highest BCUT2D eigenvalue weighted by Crippen LogP contribution is 2.27.